The molecule has 0 saturated heterocycles. The number of ketones is 1. The first-order valence-corrected chi connectivity index (χ1v) is 11.1. The van der Waals surface area contributed by atoms with E-state index in [-0.39, 0.29) is 11.7 Å². The first-order chi connectivity index (χ1) is 14.1. The van der Waals surface area contributed by atoms with E-state index in [2.05, 4.69) is 30.9 Å². The highest BCUT2D eigenvalue weighted by Gasteiger charge is 2.28. The molecule has 2 aromatic rings. The molecule has 0 aliphatic heterocycles. The summed E-state index contributed by atoms with van der Waals surface area (Å²) in [5.41, 5.74) is 4.61. The van der Waals surface area contributed by atoms with Crippen LogP contribution in [0, 0.1) is 0 Å². The predicted molar refractivity (Wildman–Crippen MR) is 120 cm³/mol. The van der Waals surface area contributed by atoms with Crippen molar-refractivity contribution < 1.29 is 9.53 Å². The van der Waals surface area contributed by atoms with Crippen LogP contribution in [0.3, 0.4) is 0 Å². The second-order valence-electron chi connectivity index (χ2n) is 8.23. The second kappa shape index (κ2) is 10.1. The molecule has 2 atom stereocenters. The lowest BCUT2D eigenvalue weighted by atomic mass is 9.81. The molecule has 3 heteroatoms. The zero-order chi connectivity index (χ0) is 20.8. The minimum atomic E-state index is -0.157. The van der Waals surface area contributed by atoms with Crippen molar-refractivity contribution in [1.29, 1.82) is 0 Å². The maximum absolute atomic E-state index is 13.5. The zero-order valence-electron chi connectivity index (χ0n) is 18.4. The fourth-order valence-electron chi connectivity index (χ4n) is 4.64. The van der Waals surface area contributed by atoms with Gasteiger partial charge in [0.05, 0.1) is 7.11 Å². The summed E-state index contributed by atoms with van der Waals surface area (Å²) in [5, 5.41) is 0. The van der Waals surface area contributed by atoms with Crippen LogP contribution in [0.5, 0.6) is 5.75 Å². The Balaban J connectivity index is 1.85. The van der Waals surface area contributed by atoms with Crippen molar-refractivity contribution in [2.45, 2.75) is 64.8 Å². The molecule has 156 valence electrons. The number of methoxy groups -OCH3 is 1. The number of rotatable bonds is 9. The molecule has 3 rings (SSSR count). The number of Topliss-reactive ketones (excluding diaryl/α,β-unsaturated/α-hetero) is 1. The summed E-state index contributed by atoms with van der Waals surface area (Å²) in [7, 11) is 1.66. The first kappa shape index (κ1) is 21.6. The predicted octanol–water partition coefficient (Wildman–Crippen LogP) is 5.66. The van der Waals surface area contributed by atoms with Crippen LogP contribution in [0.15, 0.2) is 42.5 Å². The molecule has 0 fully saturated rings. The SMILES string of the molecule is CCCN(CCC)C1CCc2cccc(C(=O)C(C)c3ccc(OC)cc3)c2C1. The van der Waals surface area contributed by atoms with Crippen molar-refractivity contribution in [2.24, 2.45) is 0 Å². The quantitative estimate of drug-likeness (QED) is 0.515. The molecule has 0 N–H and O–H groups in total. The van der Waals surface area contributed by atoms with Crippen LogP contribution in [0.1, 0.15) is 73.0 Å². The molecule has 2 unspecified atom stereocenters. The zero-order valence-corrected chi connectivity index (χ0v) is 18.4. The summed E-state index contributed by atoms with van der Waals surface area (Å²) >= 11 is 0. The summed E-state index contributed by atoms with van der Waals surface area (Å²) in [6.45, 7) is 8.82. The third-order valence-electron chi connectivity index (χ3n) is 6.27. The van der Waals surface area contributed by atoms with Crippen molar-refractivity contribution in [3.8, 4) is 5.75 Å². The third kappa shape index (κ3) is 4.90. The number of hydrogen-bond acceptors (Lipinski definition) is 3. The average molecular weight is 394 g/mol. The molecule has 0 bridgehead atoms. The van der Waals surface area contributed by atoms with E-state index in [1.54, 1.807) is 7.11 Å². The van der Waals surface area contributed by atoms with Gasteiger partial charge < -0.3 is 9.64 Å². The van der Waals surface area contributed by atoms with Crippen LogP contribution < -0.4 is 4.74 Å². The number of carbonyl (C=O) groups is 1. The first-order valence-electron chi connectivity index (χ1n) is 11.1. The molecule has 0 heterocycles. The van der Waals surface area contributed by atoms with Crippen LogP contribution in [-0.2, 0) is 12.8 Å². The molecule has 0 saturated carbocycles. The number of benzene rings is 2. The van der Waals surface area contributed by atoms with Crippen molar-refractivity contribution in [1.82, 2.24) is 4.90 Å². The number of ether oxygens (including phenoxy) is 1. The summed E-state index contributed by atoms with van der Waals surface area (Å²) in [6.07, 6.45) is 5.62. The smallest absolute Gasteiger partial charge is 0.170 e. The molecular weight excluding hydrogens is 358 g/mol. The van der Waals surface area contributed by atoms with Gasteiger partial charge >= 0.3 is 0 Å². The Morgan fingerprint density at radius 3 is 2.41 bits per heavy atom. The van der Waals surface area contributed by atoms with Gasteiger partial charge in [-0.2, -0.15) is 0 Å². The Labute approximate surface area is 176 Å². The van der Waals surface area contributed by atoms with Crippen LogP contribution in [0.4, 0.5) is 0 Å². The molecule has 0 radical (unpaired) electrons. The molecular formula is C26H35NO2. The lowest BCUT2D eigenvalue weighted by Gasteiger charge is -2.36. The van der Waals surface area contributed by atoms with Gasteiger partial charge in [-0.3, -0.25) is 4.79 Å². The molecule has 3 nitrogen and oxygen atoms in total. The fourth-order valence-corrected chi connectivity index (χ4v) is 4.64. The second-order valence-corrected chi connectivity index (χ2v) is 8.23. The minimum absolute atomic E-state index is 0.157. The van der Waals surface area contributed by atoms with Crippen LogP contribution in [0.25, 0.3) is 0 Å². The minimum Gasteiger partial charge on any atom is -0.497 e. The maximum atomic E-state index is 13.5. The fraction of sp³-hybridized carbons (Fsp3) is 0.500. The molecule has 0 aromatic heterocycles. The molecule has 0 amide bonds. The van der Waals surface area contributed by atoms with E-state index in [0.717, 1.165) is 42.8 Å². The number of aryl methyl sites for hydroxylation is 1. The van der Waals surface area contributed by atoms with E-state index in [0.29, 0.717) is 6.04 Å². The highest BCUT2D eigenvalue weighted by molar-refractivity contribution is 6.02. The van der Waals surface area contributed by atoms with Gasteiger partial charge in [0.25, 0.3) is 0 Å². The number of carbonyl (C=O) groups excluding carboxylic acids is 1. The van der Waals surface area contributed by atoms with Crippen LogP contribution in [-0.4, -0.2) is 36.9 Å². The Morgan fingerprint density at radius 2 is 1.79 bits per heavy atom. The van der Waals surface area contributed by atoms with Gasteiger partial charge in [0.1, 0.15) is 5.75 Å². The van der Waals surface area contributed by atoms with E-state index in [1.807, 2.05) is 37.3 Å². The summed E-state index contributed by atoms with van der Waals surface area (Å²) in [4.78, 5) is 16.1. The molecule has 29 heavy (non-hydrogen) atoms. The van der Waals surface area contributed by atoms with Crippen molar-refractivity contribution in [2.75, 3.05) is 20.2 Å². The lowest BCUT2D eigenvalue weighted by molar-refractivity contribution is 0.0963. The standard InChI is InChI=1S/C26H35NO2/c1-5-16-27(17-6-2)22-13-10-21-8-7-9-24(25(21)18-22)26(28)19(3)20-11-14-23(29-4)15-12-20/h7-9,11-12,14-15,19,22H,5-6,10,13,16-18H2,1-4H3. The summed E-state index contributed by atoms with van der Waals surface area (Å²) in [5.74, 6) is 0.889. The topological polar surface area (TPSA) is 29.5 Å². The van der Waals surface area contributed by atoms with Gasteiger partial charge in [-0.15, -0.1) is 0 Å². The van der Waals surface area contributed by atoms with E-state index in [1.165, 1.54) is 30.4 Å². The third-order valence-corrected chi connectivity index (χ3v) is 6.27. The highest BCUT2D eigenvalue weighted by Crippen LogP contribution is 2.31. The molecule has 0 spiro atoms. The maximum Gasteiger partial charge on any atom is 0.170 e. The monoisotopic (exact) mass is 393 g/mol. The summed E-state index contributed by atoms with van der Waals surface area (Å²) < 4.78 is 5.25. The Kier molecular flexibility index (Phi) is 7.49. The van der Waals surface area contributed by atoms with Gasteiger partial charge in [0, 0.05) is 17.5 Å². The van der Waals surface area contributed by atoms with E-state index >= 15 is 0 Å². The van der Waals surface area contributed by atoms with Gasteiger partial charge in [-0.25, -0.2) is 0 Å². The van der Waals surface area contributed by atoms with Gasteiger partial charge in [-0.1, -0.05) is 51.1 Å². The largest absolute Gasteiger partial charge is 0.497 e. The van der Waals surface area contributed by atoms with Crippen molar-refractivity contribution >= 4 is 5.78 Å². The van der Waals surface area contributed by atoms with Crippen molar-refractivity contribution in [3.63, 3.8) is 0 Å². The lowest BCUT2D eigenvalue weighted by Crippen LogP contribution is -2.40. The van der Waals surface area contributed by atoms with E-state index in [9.17, 15) is 4.79 Å². The Hall–Kier alpha value is -2.13. The van der Waals surface area contributed by atoms with Crippen LogP contribution in [0.2, 0.25) is 0 Å². The average Bonchev–Trinajstić information content (AvgIpc) is 2.77. The Bertz CT molecular complexity index is 806. The van der Waals surface area contributed by atoms with Gasteiger partial charge in [0.15, 0.2) is 5.78 Å². The summed E-state index contributed by atoms with van der Waals surface area (Å²) in [6, 6.07) is 14.7. The number of hydrogen-bond donors (Lipinski definition) is 0. The molecule has 1 aliphatic rings. The normalized spacial score (nSPS) is 17.1. The van der Waals surface area contributed by atoms with E-state index in [4.69, 9.17) is 4.74 Å². The number of fused-ring (bicyclic) bond motifs is 1. The molecule has 2 aromatic carbocycles. The molecule has 1 aliphatic carbocycles. The Morgan fingerprint density at radius 1 is 1.10 bits per heavy atom. The van der Waals surface area contributed by atoms with Gasteiger partial charge in [0.2, 0.25) is 0 Å². The van der Waals surface area contributed by atoms with Crippen molar-refractivity contribution in [3.05, 3.63) is 64.7 Å². The van der Waals surface area contributed by atoms with E-state index < -0.39 is 0 Å². The van der Waals surface area contributed by atoms with Crippen LogP contribution >= 0.6 is 0 Å². The highest BCUT2D eigenvalue weighted by atomic mass is 16.5. The number of nitrogens with zero attached hydrogens (tertiary/aromatic N) is 1. The van der Waals surface area contributed by atoms with Gasteiger partial charge in [-0.05, 0) is 74.0 Å².